The van der Waals surface area contributed by atoms with Gasteiger partial charge < -0.3 is 5.11 Å². The number of halogens is 1. The monoisotopic (exact) mass is 246 g/mol. The molecule has 0 saturated carbocycles. The van der Waals surface area contributed by atoms with Crippen LogP contribution in [0.15, 0.2) is 36.5 Å². The van der Waals surface area contributed by atoms with E-state index in [-0.39, 0.29) is 5.82 Å². The fraction of sp³-hybridized carbons (Fsp3) is 0.0769. The number of benzene rings is 1. The van der Waals surface area contributed by atoms with Crippen molar-refractivity contribution in [3.8, 4) is 5.69 Å². The third-order valence-corrected chi connectivity index (χ3v) is 2.52. The number of hydrogen-bond acceptors (Lipinski definition) is 2. The average molecular weight is 246 g/mol. The van der Waals surface area contributed by atoms with Crippen molar-refractivity contribution in [1.82, 2.24) is 9.78 Å². The molecule has 5 heteroatoms. The van der Waals surface area contributed by atoms with E-state index in [0.717, 1.165) is 17.5 Å². The van der Waals surface area contributed by atoms with Gasteiger partial charge >= 0.3 is 5.97 Å². The zero-order chi connectivity index (χ0) is 13.1. The van der Waals surface area contributed by atoms with Crippen LogP contribution in [-0.4, -0.2) is 20.9 Å². The summed E-state index contributed by atoms with van der Waals surface area (Å²) >= 11 is 0. The Kier molecular flexibility index (Phi) is 3.23. The molecule has 2 aromatic rings. The van der Waals surface area contributed by atoms with Gasteiger partial charge in [0.15, 0.2) is 0 Å². The van der Waals surface area contributed by atoms with Gasteiger partial charge in [-0.05, 0) is 37.3 Å². The number of rotatable bonds is 3. The van der Waals surface area contributed by atoms with Crippen LogP contribution in [-0.2, 0) is 4.79 Å². The Balaban J connectivity index is 2.36. The SMILES string of the molecule is Cc1c(/C=C/C(=O)O)cnn1-c1ccc(F)cc1. The Morgan fingerprint density at radius 1 is 1.39 bits per heavy atom. The third-order valence-electron chi connectivity index (χ3n) is 2.52. The molecular formula is C13H11FN2O2. The number of carboxylic acid groups (broad SMARTS) is 1. The van der Waals surface area contributed by atoms with E-state index < -0.39 is 5.97 Å². The summed E-state index contributed by atoms with van der Waals surface area (Å²) in [5.74, 6) is -1.32. The Labute approximate surface area is 103 Å². The highest BCUT2D eigenvalue weighted by molar-refractivity contribution is 5.85. The molecule has 1 heterocycles. The molecule has 0 bridgehead atoms. The average Bonchev–Trinajstić information content (AvgIpc) is 2.69. The summed E-state index contributed by atoms with van der Waals surface area (Å²) in [6.07, 6.45) is 4.10. The van der Waals surface area contributed by atoms with E-state index in [1.54, 1.807) is 23.0 Å². The summed E-state index contributed by atoms with van der Waals surface area (Å²) in [5.41, 5.74) is 2.23. The second-order valence-corrected chi connectivity index (χ2v) is 3.75. The molecule has 0 fully saturated rings. The van der Waals surface area contributed by atoms with Crippen molar-refractivity contribution < 1.29 is 14.3 Å². The van der Waals surface area contributed by atoms with E-state index in [9.17, 15) is 9.18 Å². The molecule has 0 spiro atoms. The minimum absolute atomic E-state index is 0.311. The molecular weight excluding hydrogens is 235 g/mol. The van der Waals surface area contributed by atoms with Crippen LogP contribution < -0.4 is 0 Å². The molecule has 0 radical (unpaired) electrons. The summed E-state index contributed by atoms with van der Waals surface area (Å²) in [5, 5.41) is 12.7. The molecule has 1 N–H and O–H groups in total. The van der Waals surface area contributed by atoms with Gasteiger partial charge in [-0.3, -0.25) is 0 Å². The van der Waals surface area contributed by atoms with Crippen molar-refractivity contribution in [3.05, 3.63) is 53.6 Å². The van der Waals surface area contributed by atoms with E-state index in [2.05, 4.69) is 5.10 Å². The van der Waals surface area contributed by atoms with Crippen LogP contribution in [0.2, 0.25) is 0 Å². The van der Waals surface area contributed by atoms with Gasteiger partial charge in [0.2, 0.25) is 0 Å². The lowest BCUT2D eigenvalue weighted by Gasteiger charge is -2.04. The Bertz CT molecular complexity index is 600. The summed E-state index contributed by atoms with van der Waals surface area (Å²) in [6, 6.07) is 5.92. The van der Waals surface area contributed by atoms with E-state index in [4.69, 9.17) is 5.11 Å². The fourth-order valence-electron chi connectivity index (χ4n) is 1.59. The molecule has 0 unspecified atom stereocenters. The molecule has 0 aliphatic rings. The van der Waals surface area contributed by atoms with Crippen molar-refractivity contribution in [3.63, 3.8) is 0 Å². The van der Waals surface area contributed by atoms with Gasteiger partial charge in [0.05, 0.1) is 11.9 Å². The van der Waals surface area contributed by atoms with Gasteiger partial charge in [-0.15, -0.1) is 0 Å². The minimum atomic E-state index is -1.01. The number of carboxylic acids is 1. The zero-order valence-corrected chi connectivity index (χ0v) is 9.67. The summed E-state index contributed by atoms with van der Waals surface area (Å²) in [6.45, 7) is 1.82. The molecule has 1 aromatic heterocycles. The fourth-order valence-corrected chi connectivity index (χ4v) is 1.59. The maximum absolute atomic E-state index is 12.8. The predicted octanol–water partition coefficient (Wildman–Crippen LogP) is 2.42. The Morgan fingerprint density at radius 2 is 2.06 bits per heavy atom. The molecule has 0 atom stereocenters. The second-order valence-electron chi connectivity index (χ2n) is 3.75. The lowest BCUT2D eigenvalue weighted by Crippen LogP contribution is -1.98. The van der Waals surface area contributed by atoms with Crippen LogP contribution in [0.3, 0.4) is 0 Å². The standard InChI is InChI=1S/C13H11FN2O2/c1-9-10(2-7-13(17)18)8-15-16(9)12-5-3-11(14)4-6-12/h2-8H,1H3,(H,17,18)/b7-2+. The lowest BCUT2D eigenvalue weighted by molar-refractivity contribution is -0.131. The first kappa shape index (κ1) is 12.0. The number of nitrogens with zero attached hydrogens (tertiary/aromatic N) is 2. The molecule has 0 aliphatic carbocycles. The molecule has 92 valence electrons. The number of aromatic nitrogens is 2. The molecule has 0 amide bonds. The molecule has 0 saturated heterocycles. The van der Waals surface area contributed by atoms with E-state index in [0.29, 0.717) is 5.56 Å². The topological polar surface area (TPSA) is 55.1 Å². The van der Waals surface area contributed by atoms with E-state index in [1.165, 1.54) is 18.2 Å². The highest BCUT2D eigenvalue weighted by Crippen LogP contribution is 2.15. The normalized spacial score (nSPS) is 11.0. The Morgan fingerprint density at radius 3 is 2.67 bits per heavy atom. The highest BCUT2D eigenvalue weighted by atomic mass is 19.1. The van der Waals surface area contributed by atoms with Crippen molar-refractivity contribution in [2.45, 2.75) is 6.92 Å². The van der Waals surface area contributed by atoms with Crippen LogP contribution in [0.1, 0.15) is 11.3 Å². The van der Waals surface area contributed by atoms with Crippen LogP contribution in [0.5, 0.6) is 0 Å². The molecule has 1 aromatic carbocycles. The van der Waals surface area contributed by atoms with Crippen LogP contribution in [0.25, 0.3) is 11.8 Å². The van der Waals surface area contributed by atoms with E-state index >= 15 is 0 Å². The first-order chi connectivity index (χ1) is 8.58. The number of hydrogen-bond donors (Lipinski definition) is 1. The number of aliphatic carboxylic acids is 1. The van der Waals surface area contributed by atoms with Crippen molar-refractivity contribution in [2.24, 2.45) is 0 Å². The summed E-state index contributed by atoms with van der Waals surface area (Å²) in [7, 11) is 0. The van der Waals surface area contributed by atoms with E-state index in [1.807, 2.05) is 6.92 Å². The van der Waals surface area contributed by atoms with Gasteiger partial charge in [0.25, 0.3) is 0 Å². The highest BCUT2D eigenvalue weighted by Gasteiger charge is 2.06. The zero-order valence-electron chi connectivity index (χ0n) is 9.67. The van der Waals surface area contributed by atoms with Gasteiger partial charge in [-0.1, -0.05) is 0 Å². The third kappa shape index (κ3) is 2.45. The first-order valence-electron chi connectivity index (χ1n) is 5.29. The predicted molar refractivity (Wildman–Crippen MR) is 64.9 cm³/mol. The number of carbonyl (C=O) groups is 1. The van der Waals surface area contributed by atoms with Gasteiger partial charge in [0.1, 0.15) is 5.82 Å². The van der Waals surface area contributed by atoms with Crippen molar-refractivity contribution in [2.75, 3.05) is 0 Å². The lowest BCUT2D eigenvalue weighted by atomic mass is 10.2. The van der Waals surface area contributed by atoms with Crippen LogP contribution >= 0.6 is 0 Å². The van der Waals surface area contributed by atoms with Crippen LogP contribution in [0, 0.1) is 12.7 Å². The molecule has 4 nitrogen and oxygen atoms in total. The largest absolute Gasteiger partial charge is 0.478 e. The van der Waals surface area contributed by atoms with Gasteiger partial charge in [-0.25, -0.2) is 13.9 Å². The van der Waals surface area contributed by atoms with Crippen LogP contribution in [0.4, 0.5) is 4.39 Å². The van der Waals surface area contributed by atoms with Crippen molar-refractivity contribution >= 4 is 12.0 Å². The van der Waals surface area contributed by atoms with Gasteiger partial charge in [-0.2, -0.15) is 5.10 Å². The second kappa shape index (κ2) is 4.83. The maximum atomic E-state index is 12.8. The first-order valence-corrected chi connectivity index (χ1v) is 5.29. The summed E-state index contributed by atoms with van der Waals surface area (Å²) in [4.78, 5) is 10.4. The maximum Gasteiger partial charge on any atom is 0.328 e. The van der Waals surface area contributed by atoms with Crippen molar-refractivity contribution in [1.29, 1.82) is 0 Å². The Hall–Kier alpha value is -2.43. The molecule has 0 aliphatic heterocycles. The molecule has 18 heavy (non-hydrogen) atoms. The smallest absolute Gasteiger partial charge is 0.328 e. The quantitative estimate of drug-likeness (QED) is 0.846. The minimum Gasteiger partial charge on any atom is -0.478 e. The van der Waals surface area contributed by atoms with Gasteiger partial charge in [0, 0.05) is 17.3 Å². The summed E-state index contributed by atoms with van der Waals surface area (Å²) < 4.78 is 14.4. The molecule has 2 rings (SSSR count).